The molecule has 0 radical (unpaired) electrons. The molecule has 1 N–H and O–H groups in total. The molecule has 2 aromatic rings. The number of aromatic nitrogens is 2. The number of nitrogens with zero attached hydrogens (tertiary/aromatic N) is 5. The van der Waals surface area contributed by atoms with Crippen LogP contribution >= 0.6 is 0 Å². The minimum Gasteiger partial charge on any atom is -0.492 e. The Morgan fingerprint density at radius 1 is 1.28 bits per heavy atom. The van der Waals surface area contributed by atoms with Crippen LogP contribution in [-0.4, -0.2) is 78.0 Å². The van der Waals surface area contributed by atoms with Crippen LogP contribution in [0.5, 0.6) is 5.75 Å². The van der Waals surface area contributed by atoms with Crippen molar-refractivity contribution in [3.05, 3.63) is 47.8 Å². The van der Waals surface area contributed by atoms with Crippen molar-refractivity contribution in [2.45, 2.75) is 33.4 Å². The predicted molar refractivity (Wildman–Crippen MR) is 128 cm³/mol. The van der Waals surface area contributed by atoms with E-state index < -0.39 is 0 Å². The quantitative estimate of drug-likeness (QED) is 0.451. The molecule has 0 saturated carbocycles. The summed E-state index contributed by atoms with van der Waals surface area (Å²) >= 11 is 0. The summed E-state index contributed by atoms with van der Waals surface area (Å²) in [5.41, 5.74) is 2.19. The summed E-state index contributed by atoms with van der Waals surface area (Å²) in [7, 11) is 1.93. The molecule has 1 saturated heterocycles. The minimum absolute atomic E-state index is 0.00278. The molecule has 1 aliphatic rings. The third kappa shape index (κ3) is 6.71. The minimum atomic E-state index is -0.00278. The summed E-state index contributed by atoms with van der Waals surface area (Å²) in [6.45, 7) is 13.7. The highest BCUT2D eigenvalue weighted by Gasteiger charge is 2.25. The van der Waals surface area contributed by atoms with Gasteiger partial charge in [0.15, 0.2) is 5.96 Å². The van der Waals surface area contributed by atoms with Gasteiger partial charge in [0, 0.05) is 44.0 Å². The summed E-state index contributed by atoms with van der Waals surface area (Å²) < 4.78 is 13.9. The van der Waals surface area contributed by atoms with Crippen LogP contribution < -0.4 is 10.1 Å². The molecule has 32 heavy (non-hydrogen) atoms. The lowest BCUT2D eigenvalue weighted by atomic mass is 10.1. The molecule has 0 spiro atoms. The van der Waals surface area contributed by atoms with Crippen LogP contribution in [-0.2, 0) is 18.3 Å². The molecule has 2 heterocycles. The van der Waals surface area contributed by atoms with Crippen LogP contribution in [0.15, 0.2) is 41.7 Å². The molecule has 1 aromatic carbocycles. The van der Waals surface area contributed by atoms with E-state index in [0.717, 1.165) is 62.1 Å². The number of aliphatic imine (C=N–C) groups is 1. The maximum atomic E-state index is 6.11. The molecule has 1 fully saturated rings. The average Bonchev–Trinajstić information content (AvgIpc) is 3.26. The lowest BCUT2D eigenvalue weighted by Gasteiger charge is -2.34. The molecule has 8 heteroatoms. The van der Waals surface area contributed by atoms with Crippen LogP contribution in [0.3, 0.4) is 0 Å². The van der Waals surface area contributed by atoms with Gasteiger partial charge >= 0.3 is 0 Å². The number of hydrogen-bond acceptors (Lipinski definition) is 5. The van der Waals surface area contributed by atoms with Crippen LogP contribution in [0.1, 0.15) is 38.0 Å². The van der Waals surface area contributed by atoms with Gasteiger partial charge in [0.05, 0.1) is 25.9 Å². The third-order valence-electron chi connectivity index (χ3n) is 5.73. The van der Waals surface area contributed by atoms with Gasteiger partial charge in [0.2, 0.25) is 0 Å². The topological polar surface area (TPSA) is 67.2 Å². The Bertz CT molecular complexity index is 849. The fourth-order valence-electron chi connectivity index (χ4n) is 3.84. The molecule has 0 amide bonds. The van der Waals surface area contributed by atoms with Gasteiger partial charge in [-0.25, -0.2) is 4.99 Å². The van der Waals surface area contributed by atoms with E-state index in [0.29, 0.717) is 19.8 Å². The molecular weight excluding hydrogens is 404 g/mol. The molecule has 0 bridgehead atoms. The van der Waals surface area contributed by atoms with E-state index in [1.54, 1.807) is 0 Å². The van der Waals surface area contributed by atoms with Gasteiger partial charge in [0.1, 0.15) is 18.5 Å². The van der Waals surface area contributed by atoms with Gasteiger partial charge in [-0.05, 0) is 26.1 Å². The van der Waals surface area contributed by atoms with Crippen molar-refractivity contribution in [2.24, 2.45) is 12.0 Å². The van der Waals surface area contributed by atoms with Crippen molar-refractivity contribution >= 4 is 5.96 Å². The van der Waals surface area contributed by atoms with E-state index >= 15 is 0 Å². The second kappa shape index (κ2) is 12.5. The molecule has 8 nitrogen and oxygen atoms in total. The maximum absolute atomic E-state index is 6.11. The number of guanidine groups is 1. The van der Waals surface area contributed by atoms with Gasteiger partial charge in [-0.15, -0.1) is 0 Å². The monoisotopic (exact) mass is 442 g/mol. The fraction of sp³-hybridized carbons (Fsp3) is 0.583. The van der Waals surface area contributed by atoms with Crippen LogP contribution in [0, 0.1) is 0 Å². The number of morpholine rings is 1. The van der Waals surface area contributed by atoms with Crippen molar-refractivity contribution in [3.63, 3.8) is 0 Å². The zero-order valence-electron chi connectivity index (χ0n) is 20.0. The van der Waals surface area contributed by atoms with Gasteiger partial charge in [0.25, 0.3) is 0 Å². The highest BCUT2D eigenvalue weighted by Crippen LogP contribution is 2.23. The normalized spacial score (nSPS) is 17.1. The Hall–Kier alpha value is -2.58. The second-order valence-corrected chi connectivity index (χ2v) is 7.91. The summed E-state index contributed by atoms with van der Waals surface area (Å²) in [5.74, 6) is 1.82. The Morgan fingerprint density at radius 3 is 2.81 bits per heavy atom. The van der Waals surface area contributed by atoms with E-state index in [9.17, 15) is 0 Å². The summed E-state index contributed by atoms with van der Waals surface area (Å²) in [5, 5.41) is 7.73. The number of para-hydroxylation sites is 1. The van der Waals surface area contributed by atoms with Crippen molar-refractivity contribution in [2.75, 3.05) is 52.5 Å². The standard InChI is InChI=1S/C24H38N6O2/c1-5-25-24(30-13-15-32-23(19-30)21-17-27-28(4)18-21)26-16-20-10-8-9-11-22(20)31-14-12-29(6-2)7-3/h8-11,17-18,23H,5-7,12-16,19H2,1-4H3,(H,25,26). The molecule has 1 atom stereocenters. The zero-order valence-corrected chi connectivity index (χ0v) is 20.0. The van der Waals surface area contributed by atoms with E-state index in [4.69, 9.17) is 14.5 Å². The number of ether oxygens (including phenoxy) is 2. The smallest absolute Gasteiger partial charge is 0.194 e. The van der Waals surface area contributed by atoms with Crippen LogP contribution in [0.2, 0.25) is 0 Å². The van der Waals surface area contributed by atoms with Crippen molar-refractivity contribution < 1.29 is 9.47 Å². The first kappa shape index (κ1) is 24.1. The van der Waals surface area contributed by atoms with Gasteiger partial charge in [-0.1, -0.05) is 32.0 Å². The van der Waals surface area contributed by atoms with E-state index in [2.05, 4.69) is 47.1 Å². The third-order valence-corrected chi connectivity index (χ3v) is 5.73. The summed E-state index contributed by atoms with van der Waals surface area (Å²) in [4.78, 5) is 9.58. The maximum Gasteiger partial charge on any atom is 0.194 e. The van der Waals surface area contributed by atoms with Gasteiger partial charge in [-0.3, -0.25) is 4.68 Å². The Morgan fingerprint density at radius 2 is 2.09 bits per heavy atom. The first-order valence-corrected chi connectivity index (χ1v) is 11.7. The number of benzene rings is 1. The van der Waals surface area contributed by atoms with E-state index in [1.165, 1.54) is 0 Å². The van der Waals surface area contributed by atoms with Gasteiger partial charge < -0.3 is 24.6 Å². The van der Waals surface area contributed by atoms with E-state index in [1.807, 2.05) is 42.3 Å². The van der Waals surface area contributed by atoms with Gasteiger partial charge in [-0.2, -0.15) is 5.10 Å². The number of hydrogen-bond donors (Lipinski definition) is 1. The molecule has 1 unspecified atom stereocenters. The van der Waals surface area contributed by atoms with Crippen molar-refractivity contribution in [1.82, 2.24) is 24.9 Å². The molecule has 176 valence electrons. The number of nitrogens with one attached hydrogen (secondary N) is 1. The SMILES string of the molecule is CCNC(=NCc1ccccc1OCCN(CC)CC)N1CCOC(c2cnn(C)c2)C1. The summed E-state index contributed by atoms with van der Waals surface area (Å²) in [6.07, 6.45) is 3.89. The van der Waals surface area contributed by atoms with Crippen molar-refractivity contribution in [1.29, 1.82) is 0 Å². The van der Waals surface area contributed by atoms with Crippen molar-refractivity contribution in [3.8, 4) is 5.75 Å². The number of rotatable bonds is 10. The second-order valence-electron chi connectivity index (χ2n) is 7.91. The Kier molecular flexibility index (Phi) is 9.37. The highest BCUT2D eigenvalue weighted by molar-refractivity contribution is 5.80. The molecule has 3 rings (SSSR count). The number of likely N-dealkylation sites (N-methyl/N-ethyl adjacent to an activating group) is 1. The Balaban J connectivity index is 1.66. The van der Waals surface area contributed by atoms with Crippen LogP contribution in [0.4, 0.5) is 0 Å². The average molecular weight is 443 g/mol. The molecular formula is C24H38N6O2. The Labute approximate surface area is 192 Å². The largest absolute Gasteiger partial charge is 0.492 e. The van der Waals surface area contributed by atoms with E-state index in [-0.39, 0.29) is 6.10 Å². The molecule has 1 aromatic heterocycles. The first-order valence-electron chi connectivity index (χ1n) is 11.7. The molecule has 1 aliphatic heterocycles. The zero-order chi connectivity index (χ0) is 22.8. The lowest BCUT2D eigenvalue weighted by Crippen LogP contribution is -2.48. The lowest BCUT2D eigenvalue weighted by molar-refractivity contribution is -0.00805. The van der Waals surface area contributed by atoms with Crippen LogP contribution in [0.25, 0.3) is 0 Å². The fourth-order valence-corrected chi connectivity index (χ4v) is 3.84. The highest BCUT2D eigenvalue weighted by atomic mass is 16.5. The predicted octanol–water partition coefficient (Wildman–Crippen LogP) is 2.68. The number of aryl methyl sites for hydroxylation is 1. The molecule has 0 aliphatic carbocycles. The summed E-state index contributed by atoms with van der Waals surface area (Å²) in [6, 6.07) is 8.19. The first-order chi connectivity index (χ1) is 15.6.